The number of H-pyrrole nitrogens is 1. The van der Waals surface area contributed by atoms with E-state index in [1.54, 1.807) is 12.1 Å². The van der Waals surface area contributed by atoms with Crippen LogP contribution in [-0.4, -0.2) is 36.5 Å². The van der Waals surface area contributed by atoms with Crippen LogP contribution in [0.3, 0.4) is 0 Å². The van der Waals surface area contributed by atoms with Crippen molar-refractivity contribution in [1.29, 1.82) is 0 Å². The molecule has 0 bridgehead atoms. The van der Waals surface area contributed by atoms with Gasteiger partial charge in [0.05, 0.1) is 16.8 Å². The van der Waals surface area contributed by atoms with E-state index >= 15 is 0 Å². The predicted octanol–water partition coefficient (Wildman–Crippen LogP) is 2.03. The second kappa shape index (κ2) is 6.45. The first kappa shape index (κ1) is 16.2. The Morgan fingerprint density at radius 3 is 2.83 bits per heavy atom. The Hall–Kier alpha value is -1.66. The van der Waals surface area contributed by atoms with Crippen LogP contribution in [-0.2, 0) is 22.7 Å². The molecular formula is C17H23N3O2S. The number of rotatable bonds is 5. The van der Waals surface area contributed by atoms with E-state index in [1.165, 1.54) is 11.3 Å². The van der Waals surface area contributed by atoms with Crippen LogP contribution >= 0.6 is 0 Å². The maximum atomic E-state index is 12.5. The smallest absolute Gasteiger partial charge is 0.179 e. The Bertz CT molecular complexity index is 765. The van der Waals surface area contributed by atoms with Crippen LogP contribution in [0.1, 0.15) is 30.2 Å². The lowest BCUT2D eigenvalue weighted by Gasteiger charge is -2.26. The maximum Gasteiger partial charge on any atom is 0.179 e. The molecule has 2 N–H and O–H groups in total. The van der Waals surface area contributed by atoms with Crippen LogP contribution in [0.15, 0.2) is 35.4 Å². The quantitative estimate of drug-likeness (QED) is 0.878. The number of nitrogens with zero attached hydrogens (tertiary/aromatic N) is 1. The zero-order valence-electron chi connectivity index (χ0n) is 13.5. The Kier molecular flexibility index (Phi) is 4.55. The minimum absolute atomic E-state index is 0.0836. The van der Waals surface area contributed by atoms with Gasteiger partial charge in [-0.25, -0.2) is 8.42 Å². The third-order valence-electron chi connectivity index (χ3n) is 4.39. The first-order valence-electron chi connectivity index (χ1n) is 8.00. The van der Waals surface area contributed by atoms with Crippen molar-refractivity contribution < 1.29 is 8.42 Å². The zero-order valence-corrected chi connectivity index (χ0v) is 14.4. The van der Waals surface area contributed by atoms with E-state index in [9.17, 15) is 8.42 Å². The SMILES string of the molecule is Cc1ccc(S(=O)(=O)C[C@H](C)N[C@@H]2CCc3[nH]ncc3C2)cc1. The molecule has 0 saturated heterocycles. The lowest BCUT2D eigenvalue weighted by atomic mass is 9.93. The molecule has 0 saturated carbocycles. The highest BCUT2D eigenvalue weighted by Crippen LogP contribution is 2.20. The first-order chi connectivity index (χ1) is 10.9. The summed E-state index contributed by atoms with van der Waals surface area (Å²) in [5, 5.41) is 10.6. The molecule has 3 rings (SSSR count). The van der Waals surface area contributed by atoms with Crippen molar-refractivity contribution in [2.24, 2.45) is 0 Å². The fourth-order valence-electron chi connectivity index (χ4n) is 3.18. The van der Waals surface area contributed by atoms with Crippen molar-refractivity contribution >= 4 is 9.84 Å². The van der Waals surface area contributed by atoms with Gasteiger partial charge in [0.15, 0.2) is 9.84 Å². The summed E-state index contributed by atoms with van der Waals surface area (Å²) in [5.74, 6) is 0.116. The normalized spacial score (nSPS) is 19.3. The van der Waals surface area contributed by atoms with Gasteiger partial charge in [0.25, 0.3) is 0 Å². The number of aromatic amines is 1. The van der Waals surface area contributed by atoms with E-state index in [2.05, 4.69) is 15.5 Å². The molecule has 2 aromatic rings. The van der Waals surface area contributed by atoms with Gasteiger partial charge in [0.1, 0.15) is 0 Å². The van der Waals surface area contributed by atoms with Crippen LogP contribution in [0.2, 0.25) is 0 Å². The molecule has 0 spiro atoms. The van der Waals surface area contributed by atoms with Gasteiger partial charge >= 0.3 is 0 Å². The Labute approximate surface area is 137 Å². The number of fused-ring (bicyclic) bond motifs is 1. The van der Waals surface area contributed by atoms with Crippen molar-refractivity contribution in [3.63, 3.8) is 0 Å². The number of aromatic nitrogens is 2. The van der Waals surface area contributed by atoms with E-state index in [0.717, 1.165) is 24.8 Å². The maximum absolute atomic E-state index is 12.5. The monoisotopic (exact) mass is 333 g/mol. The van der Waals surface area contributed by atoms with Gasteiger partial charge in [0, 0.05) is 17.8 Å². The fourth-order valence-corrected chi connectivity index (χ4v) is 4.68. The fraction of sp³-hybridized carbons (Fsp3) is 0.471. The summed E-state index contributed by atoms with van der Waals surface area (Å²) in [5.41, 5.74) is 3.51. The zero-order chi connectivity index (χ0) is 16.4. The molecule has 1 aliphatic rings. The summed E-state index contributed by atoms with van der Waals surface area (Å²) in [7, 11) is -3.26. The molecule has 1 aromatic carbocycles. The van der Waals surface area contributed by atoms with Crippen molar-refractivity contribution in [3.05, 3.63) is 47.3 Å². The minimum atomic E-state index is -3.26. The largest absolute Gasteiger partial charge is 0.310 e. The van der Waals surface area contributed by atoms with Crippen LogP contribution in [0.5, 0.6) is 0 Å². The van der Waals surface area contributed by atoms with Crippen LogP contribution in [0, 0.1) is 6.92 Å². The Morgan fingerprint density at radius 1 is 1.35 bits per heavy atom. The minimum Gasteiger partial charge on any atom is -0.310 e. The van der Waals surface area contributed by atoms with Crippen LogP contribution in [0.4, 0.5) is 0 Å². The Balaban J connectivity index is 1.61. The van der Waals surface area contributed by atoms with E-state index in [-0.39, 0.29) is 11.8 Å². The highest BCUT2D eigenvalue weighted by Gasteiger charge is 2.24. The summed E-state index contributed by atoms with van der Waals surface area (Å²) in [6.07, 6.45) is 4.74. The highest BCUT2D eigenvalue weighted by molar-refractivity contribution is 7.91. The van der Waals surface area contributed by atoms with E-state index < -0.39 is 9.84 Å². The molecule has 1 aromatic heterocycles. The molecular weight excluding hydrogens is 310 g/mol. The van der Waals surface area contributed by atoms with Gasteiger partial charge in [-0.3, -0.25) is 5.10 Å². The standard InChI is InChI=1S/C17H23N3O2S/c1-12-3-6-16(7-4-12)23(21,22)11-13(2)19-15-5-8-17-14(9-15)10-18-20-17/h3-4,6-7,10,13,15,19H,5,8-9,11H2,1-2H3,(H,18,20)/t13-,15+/m0/s1. The molecule has 1 aliphatic carbocycles. The van der Waals surface area contributed by atoms with Crippen molar-refractivity contribution in [2.45, 2.75) is 50.1 Å². The molecule has 23 heavy (non-hydrogen) atoms. The summed E-state index contributed by atoms with van der Waals surface area (Å²) in [4.78, 5) is 0.400. The molecule has 0 unspecified atom stereocenters. The third kappa shape index (κ3) is 3.82. The lowest BCUT2D eigenvalue weighted by Crippen LogP contribution is -2.43. The summed E-state index contributed by atoms with van der Waals surface area (Å²) >= 11 is 0. The van der Waals surface area contributed by atoms with Crippen molar-refractivity contribution in [1.82, 2.24) is 15.5 Å². The topological polar surface area (TPSA) is 74.8 Å². The van der Waals surface area contributed by atoms with Gasteiger partial charge in [-0.2, -0.15) is 5.10 Å². The van der Waals surface area contributed by atoms with Gasteiger partial charge in [-0.1, -0.05) is 17.7 Å². The molecule has 6 heteroatoms. The van der Waals surface area contributed by atoms with Gasteiger partial charge in [-0.15, -0.1) is 0 Å². The summed E-state index contributed by atoms with van der Waals surface area (Å²) in [6.45, 7) is 3.89. The lowest BCUT2D eigenvalue weighted by molar-refractivity contribution is 0.419. The van der Waals surface area contributed by atoms with Crippen LogP contribution < -0.4 is 5.32 Å². The van der Waals surface area contributed by atoms with Crippen LogP contribution in [0.25, 0.3) is 0 Å². The number of nitrogens with one attached hydrogen (secondary N) is 2. The second-order valence-electron chi connectivity index (χ2n) is 6.48. The molecule has 124 valence electrons. The van der Waals surface area contributed by atoms with E-state index in [1.807, 2.05) is 32.2 Å². The number of hydrogen-bond acceptors (Lipinski definition) is 4. The van der Waals surface area contributed by atoms with Gasteiger partial charge < -0.3 is 5.32 Å². The number of sulfone groups is 1. The molecule has 0 amide bonds. The van der Waals surface area contributed by atoms with E-state index in [0.29, 0.717) is 10.9 Å². The average Bonchev–Trinajstić information content (AvgIpc) is 2.94. The molecule has 0 fully saturated rings. The van der Waals surface area contributed by atoms with Crippen molar-refractivity contribution in [2.75, 3.05) is 5.75 Å². The predicted molar refractivity (Wildman–Crippen MR) is 90.2 cm³/mol. The Morgan fingerprint density at radius 2 is 2.09 bits per heavy atom. The van der Waals surface area contributed by atoms with E-state index in [4.69, 9.17) is 0 Å². The highest BCUT2D eigenvalue weighted by atomic mass is 32.2. The molecule has 5 nitrogen and oxygen atoms in total. The molecule has 0 aliphatic heterocycles. The number of aryl methyl sites for hydroxylation is 2. The average molecular weight is 333 g/mol. The van der Waals surface area contributed by atoms with Crippen molar-refractivity contribution in [3.8, 4) is 0 Å². The number of benzene rings is 1. The second-order valence-corrected chi connectivity index (χ2v) is 8.51. The molecule has 1 heterocycles. The first-order valence-corrected chi connectivity index (χ1v) is 9.66. The molecule has 2 atom stereocenters. The summed E-state index contributed by atoms with van der Waals surface area (Å²) < 4.78 is 25.0. The van der Waals surface area contributed by atoms with Gasteiger partial charge in [-0.05, 0) is 50.8 Å². The third-order valence-corrected chi connectivity index (χ3v) is 6.32. The number of hydrogen-bond donors (Lipinski definition) is 2. The molecule has 0 radical (unpaired) electrons. The summed E-state index contributed by atoms with van der Waals surface area (Å²) in [6, 6.07) is 7.29. The van der Waals surface area contributed by atoms with Gasteiger partial charge in [0.2, 0.25) is 0 Å².